The van der Waals surface area contributed by atoms with Crippen molar-refractivity contribution in [2.45, 2.75) is 12.8 Å². The number of rotatable bonds is 6. The van der Waals surface area contributed by atoms with Gasteiger partial charge in [-0.15, -0.1) is 0 Å². The molecule has 0 saturated carbocycles. The molecule has 0 unspecified atom stereocenters. The van der Waals surface area contributed by atoms with Crippen molar-refractivity contribution < 1.29 is 30.0 Å². The molecule has 16 heavy (non-hydrogen) atoms. The van der Waals surface area contributed by atoms with Crippen LogP contribution in [0.4, 0.5) is 0 Å². The Hall–Kier alpha value is -2.24. The Kier molecular flexibility index (Phi) is 6.11. The van der Waals surface area contributed by atoms with Crippen LogP contribution < -0.4 is 0 Å². The molecule has 88 valence electrons. The third kappa shape index (κ3) is 4.32. The Bertz CT molecular complexity index is 316. The van der Waals surface area contributed by atoms with Crippen LogP contribution in [0.2, 0.25) is 0 Å². The number of aliphatic hydroxyl groups is 2. The molecule has 0 aliphatic heterocycles. The second-order valence-electron chi connectivity index (χ2n) is 2.75. The Labute approximate surface area is 91.5 Å². The van der Waals surface area contributed by atoms with E-state index >= 15 is 0 Å². The molecule has 6 heteroatoms. The molecule has 0 rings (SSSR count). The lowest BCUT2D eigenvalue weighted by Crippen LogP contribution is -2.10. The maximum absolute atomic E-state index is 10.8. The van der Waals surface area contributed by atoms with Gasteiger partial charge in [0.2, 0.25) is 0 Å². The van der Waals surface area contributed by atoms with E-state index in [2.05, 4.69) is 0 Å². The molecular formula is C10H12O6. The van der Waals surface area contributed by atoms with Crippen molar-refractivity contribution in [1.82, 2.24) is 0 Å². The minimum atomic E-state index is -1.37. The van der Waals surface area contributed by atoms with Crippen molar-refractivity contribution in [2.24, 2.45) is 0 Å². The third-order valence-electron chi connectivity index (χ3n) is 1.74. The molecule has 0 fully saturated rings. The first-order chi connectivity index (χ1) is 7.54. The van der Waals surface area contributed by atoms with E-state index in [0.29, 0.717) is 12.5 Å². The van der Waals surface area contributed by atoms with Gasteiger partial charge in [0.1, 0.15) is 0 Å². The summed E-state index contributed by atoms with van der Waals surface area (Å²) < 4.78 is 0. The number of aliphatic carboxylic acids is 2. The number of carbonyl (C=O) groups is 2. The number of hydrogen-bond donors (Lipinski definition) is 4. The predicted octanol–water partition coefficient (Wildman–Crippen LogP) is 1.38. The Morgan fingerprint density at radius 2 is 1.12 bits per heavy atom. The van der Waals surface area contributed by atoms with E-state index in [9.17, 15) is 9.59 Å². The smallest absolute Gasteiger partial charge is 0.332 e. The van der Waals surface area contributed by atoms with E-state index in [1.165, 1.54) is 0 Å². The molecule has 0 spiro atoms. The van der Waals surface area contributed by atoms with Gasteiger partial charge in [0.25, 0.3) is 0 Å². The second kappa shape index (κ2) is 7.10. The average molecular weight is 228 g/mol. The Morgan fingerprint density at radius 1 is 0.812 bits per heavy atom. The van der Waals surface area contributed by atoms with E-state index in [4.69, 9.17) is 20.4 Å². The van der Waals surface area contributed by atoms with E-state index in [1.54, 1.807) is 0 Å². The van der Waals surface area contributed by atoms with Crippen LogP contribution in [0.15, 0.2) is 35.8 Å². The van der Waals surface area contributed by atoms with Gasteiger partial charge < -0.3 is 20.4 Å². The zero-order chi connectivity index (χ0) is 12.6. The first-order valence-electron chi connectivity index (χ1n) is 4.31. The van der Waals surface area contributed by atoms with Crippen LogP contribution in [-0.2, 0) is 9.59 Å². The lowest BCUT2D eigenvalue weighted by molar-refractivity contribution is -0.136. The van der Waals surface area contributed by atoms with Gasteiger partial charge >= 0.3 is 11.9 Å². The summed E-state index contributed by atoms with van der Waals surface area (Å²) in [5.41, 5.74) is -0.674. The number of allylic oxidation sites excluding steroid dienone is 2. The molecule has 0 aromatic rings. The van der Waals surface area contributed by atoms with Crippen molar-refractivity contribution >= 4 is 11.9 Å². The minimum absolute atomic E-state index is 0.202. The maximum Gasteiger partial charge on any atom is 0.332 e. The first kappa shape index (κ1) is 13.8. The molecule has 0 bridgehead atoms. The average Bonchev–Trinajstić information content (AvgIpc) is 2.21. The largest absolute Gasteiger partial charge is 0.516 e. The summed E-state index contributed by atoms with van der Waals surface area (Å²) in [7, 11) is 0. The molecule has 0 aromatic carbocycles. The van der Waals surface area contributed by atoms with Crippen LogP contribution in [0.3, 0.4) is 0 Å². The highest BCUT2D eigenvalue weighted by molar-refractivity contribution is 5.99. The fourth-order valence-electron chi connectivity index (χ4n) is 1.02. The van der Waals surface area contributed by atoms with E-state index in [1.807, 2.05) is 0 Å². The second-order valence-corrected chi connectivity index (χ2v) is 2.75. The SMILES string of the molecule is O=C(O)C(CC=CO)=C(CC=CO)C(=O)O. The number of hydrogen-bond acceptors (Lipinski definition) is 4. The number of aliphatic hydroxyl groups excluding tert-OH is 2. The highest BCUT2D eigenvalue weighted by Crippen LogP contribution is 2.15. The lowest BCUT2D eigenvalue weighted by Gasteiger charge is -2.04. The van der Waals surface area contributed by atoms with E-state index in [-0.39, 0.29) is 24.0 Å². The zero-order valence-electron chi connectivity index (χ0n) is 8.33. The van der Waals surface area contributed by atoms with Gasteiger partial charge in [-0.3, -0.25) is 0 Å². The molecule has 0 heterocycles. The summed E-state index contributed by atoms with van der Waals surface area (Å²) in [6.45, 7) is 0. The van der Waals surface area contributed by atoms with Crippen LogP contribution in [0.1, 0.15) is 12.8 Å². The van der Waals surface area contributed by atoms with Gasteiger partial charge in [-0.25, -0.2) is 9.59 Å². The van der Waals surface area contributed by atoms with Gasteiger partial charge in [0.15, 0.2) is 0 Å². The normalized spacial score (nSPS) is 13.0. The molecule has 0 radical (unpaired) electrons. The van der Waals surface area contributed by atoms with E-state index < -0.39 is 11.9 Å². The monoisotopic (exact) mass is 228 g/mol. The summed E-state index contributed by atoms with van der Waals surface area (Å²) in [5, 5.41) is 34.4. The van der Waals surface area contributed by atoms with E-state index in [0.717, 1.165) is 12.2 Å². The summed E-state index contributed by atoms with van der Waals surface area (Å²) in [6, 6.07) is 0. The van der Waals surface area contributed by atoms with Crippen LogP contribution in [-0.4, -0.2) is 32.4 Å². The van der Waals surface area contributed by atoms with Crippen molar-refractivity contribution in [1.29, 1.82) is 0 Å². The molecule has 0 aliphatic rings. The molecular weight excluding hydrogens is 216 g/mol. The molecule has 0 atom stereocenters. The highest BCUT2D eigenvalue weighted by atomic mass is 16.4. The molecule has 0 saturated heterocycles. The molecule has 4 N–H and O–H groups in total. The molecule has 0 amide bonds. The molecule has 0 aromatic heterocycles. The quantitative estimate of drug-likeness (QED) is 0.403. The van der Waals surface area contributed by atoms with Crippen molar-refractivity contribution in [3.05, 3.63) is 35.8 Å². The fraction of sp³-hybridized carbons (Fsp3) is 0.200. The third-order valence-corrected chi connectivity index (χ3v) is 1.74. The maximum atomic E-state index is 10.8. The van der Waals surface area contributed by atoms with Crippen LogP contribution in [0.5, 0.6) is 0 Å². The summed E-state index contributed by atoms with van der Waals surface area (Å²) >= 11 is 0. The predicted molar refractivity (Wildman–Crippen MR) is 55.1 cm³/mol. The van der Waals surface area contributed by atoms with Gasteiger partial charge in [-0.05, 0) is 12.2 Å². The standard InChI is InChI=1S/C10H12O6/c11-5-1-3-7(9(13)14)8(10(15)16)4-2-6-12/h1-2,5-6,11-12H,3-4H2,(H,13,14)(H,15,16). The summed E-state index contributed by atoms with van der Waals surface area (Å²) in [5.74, 6) is -2.75. The molecule has 6 nitrogen and oxygen atoms in total. The van der Waals surface area contributed by atoms with Crippen molar-refractivity contribution in [3.63, 3.8) is 0 Å². The van der Waals surface area contributed by atoms with Crippen molar-refractivity contribution in [2.75, 3.05) is 0 Å². The van der Waals surface area contributed by atoms with Crippen LogP contribution in [0, 0.1) is 0 Å². The number of carboxylic acids is 2. The highest BCUT2D eigenvalue weighted by Gasteiger charge is 2.17. The minimum Gasteiger partial charge on any atom is -0.516 e. The van der Waals surface area contributed by atoms with Gasteiger partial charge in [-0.1, -0.05) is 0 Å². The van der Waals surface area contributed by atoms with Crippen LogP contribution >= 0.6 is 0 Å². The van der Waals surface area contributed by atoms with Crippen LogP contribution in [0.25, 0.3) is 0 Å². The molecule has 0 aliphatic carbocycles. The first-order valence-corrected chi connectivity index (χ1v) is 4.31. The van der Waals surface area contributed by atoms with Crippen molar-refractivity contribution in [3.8, 4) is 0 Å². The number of carboxylic acid groups (broad SMARTS) is 2. The van der Waals surface area contributed by atoms with Gasteiger partial charge in [-0.2, -0.15) is 0 Å². The van der Waals surface area contributed by atoms with Gasteiger partial charge in [0, 0.05) is 12.8 Å². The topological polar surface area (TPSA) is 115 Å². The fourth-order valence-corrected chi connectivity index (χ4v) is 1.02. The Balaban J connectivity index is 5.25. The Morgan fingerprint density at radius 3 is 1.31 bits per heavy atom. The summed E-state index contributed by atoms with van der Waals surface area (Å²) in [4.78, 5) is 21.6. The lowest BCUT2D eigenvalue weighted by atomic mass is 10.0. The van der Waals surface area contributed by atoms with Gasteiger partial charge in [0.05, 0.1) is 23.7 Å². The zero-order valence-corrected chi connectivity index (χ0v) is 8.33. The summed E-state index contributed by atoms with van der Waals surface area (Å²) in [6.07, 6.45) is 3.12.